The predicted octanol–water partition coefficient (Wildman–Crippen LogP) is 5.47. The molecule has 1 heterocycles. The summed E-state index contributed by atoms with van der Waals surface area (Å²) in [4.78, 5) is 4.53. The lowest BCUT2D eigenvalue weighted by molar-refractivity contribution is 0.153. The van der Waals surface area contributed by atoms with Gasteiger partial charge < -0.3 is 4.57 Å². The molecule has 0 bridgehead atoms. The van der Waals surface area contributed by atoms with Gasteiger partial charge in [0.1, 0.15) is 5.44 Å². The van der Waals surface area contributed by atoms with E-state index >= 15 is 0 Å². The Morgan fingerprint density at radius 2 is 1.39 bits per heavy atom. The van der Waals surface area contributed by atoms with Crippen molar-refractivity contribution in [1.29, 1.82) is 0 Å². The number of benzene rings is 3. The van der Waals surface area contributed by atoms with Gasteiger partial charge in [0.05, 0.1) is 5.52 Å². The van der Waals surface area contributed by atoms with Crippen molar-refractivity contribution in [2.45, 2.75) is 6.43 Å². The van der Waals surface area contributed by atoms with E-state index in [0.29, 0.717) is 21.1 Å². The first-order valence-electron chi connectivity index (χ1n) is 8.60. The van der Waals surface area contributed by atoms with Crippen molar-refractivity contribution in [1.82, 2.24) is 4.98 Å². The summed E-state index contributed by atoms with van der Waals surface area (Å²) in [5.41, 5.74) is 0.244. The van der Waals surface area contributed by atoms with Crippen LogP contribution in [-0.2, 0) is 4.57 Å². The molecule has 0 saturated heterocycles. The first kappa shape index (κ1) is 18.8. The van der Waals surface area contributed by atoms with Gasteiger partial charge in [0.2, 0.25) is 0 Å². The van der Waals surface area contributed by atoms with Gasteiger partial charge in [-0.3, -0.25) is 0 Å². The Hall–Kier alpha value is -2.55. The zero-order valence-corrected chi connectivity index (χ0v) is 16.2. The van der Waals surface area contributed by atoms with Gasteiger partial charge in [0, 0.05) is 26.6 Å². The second kappa shape index (κ2) is 7.46. The molecule has 0 N–H and O–H groups in total. The van der Waals surface area contributed by atoms with Gasteiger partial charge in [-0.1, -0.05) is 72.3 Å². The quantitative estimate of drug-likeness (QED) is 0.415. The summed E-state index contributed by atoms with van der Waals surface area (Å²) < 4.78 is 42.1. The third kappa shape index (κ3) is 3.23. The molecule has 4 aromatic rings. The van der Waals surface area contributed by atoms with Gasteiger partial charge in [-0.25, -0.2) is 13.8 Å². The third-order valence-electron chi connectivity index (χ3n) is 4.59. The fraction of sp³-hybridized carbons (Fsp3) is 0.0455. The smallest absolute Gasteiger partial charge is 0.264 e. The first-order valence-corrected chi connectivity index (χ1v) is 10.7. The molecule has 4 rings (SSSR count). The van der Waals surface area contributed by atoms with Crippen LogP contribution in [0.4, 0.5) is 8.78 Å². The van der Waals surface area contributed by atoms with Crippen molar-refractivity contribution in [3.05, 3.63) is 95.5 Å². The van der Waals surface area contributed by atoms with Crippen LogP contribution in [0, 0.1) is 0 Å². The number of rotatable bonds is 4. The molecule has 0 radical (unpaired) electrons. The molecule has 0 aliphatic carbocycles. The van der Waals surface area contributed by atoms with Gasteiger partial charge >= 0.3 is 0 Å². The molecule has 2 nitrogen and oxygen atoms in total. The minimum Gasteiger partial charge on any atom is -0.307 e. The predicted molar refractivity (Wildman–Crippen MR) is 111 cm³/mol. The summed E-state index contributed by atoms with van der Waals surface area (Å²) in [6, 6.07) is 23.6. The van der Waals surface area contributed by atoms with Crippen molar-refractivity contribution in [2.24, 2.45) is 0 Å². The van der Waals surface area contributed by atoms with E-state index in [2.05, 4.69) is 4.98 Å². The summed E-state index contributed by atoms with van der Waals surface area (Å²) in [5, 5.41) is 1.70. The van der Waals surface area contributed by atoms with Crippen LogP contribution in [0.15, 0.2) is 84.9 Å². The zero-order valence-electron chi connectivity index (χ0n) is 14.6. The number of aromatic nitrogens is 1. The molecule has 0 unspecified atom stereocenters. The number of pyridine rings is 1. The fourth-order valence-corrected chi connectivity index (χ4v) is 5.99. The van der Waals surface area contributed by atoms with Gasteiger partial charge in [0.25, 0.3) is 6.43 Å². The third-order valence-corrected chi connectivity index (χ3v) is 7.75. The summed E-state index contributed by atoms with van der Waals surface area (Å²) in [6.45, 7) is 0. The van der Waals surface area contributed by atoms with Crippen molar-refractivity contribution < 1.29 is 13.3 Å². The lowest BCUT2D eigenvalue weighted by Gasteiger charge is -2.20. The highest BCUT2D eigenvalue weighted by atomic mass is 35.5. The SMILES string of the molecule is O=P(c1ccccc1)(c1ccccc1)c1cc(C(F)F)c2cc(Cl)ccc2n1. The molecule has 0 saturated carbocycles. The van der Waals surface area contributed by atoms with Gasteiger partial charge in [-0.15, -0.1) is 0 Å². The Balaban J connectivity index is 2.07. The second-order valence-electron chi connectivity index (χ2n) is 6.31. The van der Waals surface area contributed by atoms with Crippen LogP contribution in [0.1, 0.15) is 12.0 Å². The van der Waals surface area contributed by atoms with E-state index in [1.54, 1.807) is 60.7 Å². The highest BCUT2D eigenvalue weighted by molar-refractivity contribution is 7.85. The Bertz CT molecular complexity index is 1140. The molecular formula is C22H15ClF2NOP. The minimum absolute atomic E-state index is 0.134. The highest BCUT2D eigenvalue weighted by Crippen LogP contribution is 2.43. The lowest BCUT2D eigenvalue weighted by atomic mass is 10.1. The van der Waals surface area contributed by atoms with E-state index in [9.17, 15) is 13.3 Å². The van der Waals surface area contributed by atoms with Crippen LogP contribution in [-0.4, -0.2) is 4.98 Å². The zero-order chi connectivity index (χ0) is 19.7. The van der Waals surface area contributed by atoms with Gasteiger partial charge in [0.15, 0.2) is 7.14 Å². The van der Waals surface area contributed by atoms with Gasteiger partial charge in [-0.05, 0) is 24.3 Å². The van der Waals surface area contributed by atoms with Crippen molar-refractivity contribution in [2.75, 3.05) is 0 Å². The molecule has 0 aliphatic heterocycles. The standard InChI is InChI=1S/C22H15ClF2NOP/c23-15-11-12-20-18(13-15)19(22(24)25)14-21(26-20)28(27,16-7-3-1-4-8-16)17-9-5-2-6-10-17/h1-14,22H. The fourth-order valence-electron chi connectivity index (χ4n) is 3.24. The first-order chi connectivity index (χ1) is 13.5. The van der Waals surface area contributed by atoms with Crippen molar-refractivity contribution in [3.63, 3.8) is 0 Å². The topological polar surface area (TPSA) is 30.0 Å². The van der Waals surface area contributed by atoms with Crippen LogP contribution < -0.4 is 16.0 Å². The second-order valence-corrected chi connectivity index (χ2v) is 9.46. The van der Waals surface area contributed by atoms with Crippen LogP contribution >= 0.6 is 18.7 Å². The Morgan fingerprint density at radius 3 is 1.93 bits per heavy atom. The molecule has 140 valence electrons. The average molecular weight is 414 g/mol. The maximum Gasteiger partial charge on any atom is 0.264 e. The van der Waals surface area contributed by atoms with Crippen LogP contribution in [0.3, 0.4) is 0 Å². The Kier molecular flexibility index (Phi) is 5.01. The molecule has 3 aromatic carbocycles. The molecule has 6 heteroatoms. The molecule has 0 aliphatic rings. The summed E-state index contributed by atoms with van der Waals surface area (Å²) in [7, 11) is -3.44. The maximum absolute atomic E-state index is 14.4. The van der Waals surface area contributed by atoms with E-state index in [-0.39, 0.29) is 16.4 Å². The maximum atomic E-state index is 14.4. The van der Waals surface area contributed by atoms with E-state index in [1.165, 1.54) is 12.1 Å². The van der Waals surface area contributed by atoms with Crippen LogP contribution in [0.5, 0.6) is 0 Å². The number of nitrogens with zero attached hydrogens (tertiary/aromatic N) is 1. The van der Waals surface area contributed by atoms with E-state index in [0.717, 1.165) is 0 Å². The van der Waals surface area contributed by atoms with E-state index in [1.807, 2.05) is 12.1 Å². The molecular weight excluding hydrogens is 399 g/mol. The molecule has 28 heavy (non-hydrogen) atoms. The Morgan fingerprint density at radius 1 is 0.821 bits per heavy atom. The number of hydrogen-bond donors (Lipinski definition) is 0. The summed E-state index contributed by atoms with van der Waals surface area (Å²) >= 11 is 5.99. The molecule has 0 amide bonds. The van der Waals surface area contributed by atoms with Crippen LogP contribution in [0.2, 0.25) is 5.02 Å². The number of alkyl halides is 2. The number of halogens is 3. The molecule has 1 aromatic heterocycles. The molecule has 0 fully saturated rings. The van der Waals surface area contributed by atoms with E-state index in [4.69, 9.17) is 11.6 Å². The van der Waals surface area contributed by atoms with Crippen molar-refractivity contribution >= 4 is 45.7 Å². The van der Waals surface area contributed by atoms with Crippen molar-refractivity contribution in [3.8, 4) is 0 Å². The van der Waals surface area contributed by atoms with Crippen LogP contribution in [0.25, 0.3) is 10.9 Å². The summed E-state index contributed by atoms with van der Waals surface area (Å²) in [5.74, 6) is 0. The van der Waals surface area contributed by atoms with Gasteiger partial charge in [-0.2, -0.15) is 0 Å². The molecule has 0 atom stereocenters. The summed E-state index contributed by atoms with van der Waals surface area (Å²) in [6.07, 6.45) is -2.75. The molecule has 0 spiro atoms. The average Bonchev–Trinajstić information content (AvgIpc) is 2.73. The number of fused-ring (bicyclic) bond motifs is 1. The van der Waals surface area contributed by atoms with E-state index < -0.39 is 13.6 Å². The highest BCUT2D eigenvalue weighted by Gasteiger charge is 2.32. The largest absolute Gasteiger partial charge is 0.307 e. The monoisotopic (exact) mass is 413 g/mol. The lowest BCUT2D eigenvalue weighted by Crippen LogP contribution is -2.27. The normalized spacial score (nSPS) is 11.9. The Labute approximate surface area is 166 Å². The number of hydrogen-bond acceptors (Lipinski definition) is 2. The minimum atomic E-state index is -3.44.